The number of aliphatic hydroxyl groups excluding tert-OH is 1. The van der Waals surface area contributed by atoms with E-state index in [9.17, 15) is 5.11 Å². The zero-order valence-corrected chi connectivity index (χ0v) is 12.6. The summed E-state index contributed by atoms with van der Waals surface area (Å²) < 4.78 is 1.85. The summed E-state index contributed by atoms with van der Waals surface area (Å²) in [5.41, 5.74) is 2.27. The molecule has 0 atom stereocenters. The standard InChI is InChI=1S/C15H19ClN4O/c16-13-6-2-1-5-12(13)15-14(11-21)17-18-20(15)10-9-19-7-3-4-8-19/h1-2,5-6,21H,3-4,7-11H2. The number of likely N-dealkylation sites (tertiary alicyclic amines) is 1. The number of hydrogen-bond donors (Lipinski definition) is 1. The van der Waals surface area contributed by atoms with E-state index in [0.717, 1.165) is 37.4 Å². The number of hydrogen-bond acceptors (Lipinski definition) is 4. The molecule has 21 heavy (non-hydrogen) atoms. The van der Waals surface area contributed by atoms with Gasteiger partial charge in [0.2, 0.25) is 0 Å². The van der Waals surface area contributed by atoms with E-state index in [1.807, 2.05) is 28.9 Å². The Hall–Kier alpha value is -1.43. The maximum atomic E-state index is 9.49. The first-order valence-corrected chi connectivity index (χ1v) is 7.68. The first-order chi connectivity index (χ1) is 10.3. The Morgan fingerprint density at radius 3 is 2.62 bits per heavy atom. The van der Waals surface area contributed by atoms with E-state index in [1.165, 1.54) is 12.8 Å². The van der Waals surface area contributed by atoms with E-state index in [1.54, 1.807) is 0 Å². The van der Waals surface area contributed by atoms with Gasteiger partial charge in [0.15, 0.2) is 0 Å². The molecule has 1 saturated heterocycles. The molecule has 6 heteroatoms. The van der Waals surface area contributed by atoms with Crippen molar-refractivity contribution in [1.29, 1.82) is 0 Å². The van der Waals surface area contributed by atoms with Crippen molar-refractivity contribution < 1.29 is 5.11 Å². The van der Waals surface area contributed by atoms with Gasteiger partial charge in [0.25, 0.3) is 0 Å². The van der Waals surface area contributed by atoms with Gasteiger partial charge in [0.1, 0.15) is 5.69 Å². The van der Waals surface area contributed by atoms with Gasteiger partial charge in [-0.15, -0.1) is 5.10 Å². The zero-order chi connectivity index (χ0) is 14.7. The summed E-state index contributed by atoms with van der Waals surface area (Å²) in [6.07, 6.45) is 2.55. The molecule has 0 unspecified atom stereocenters. The topological polar surface area (TPSA) is 54.2 Å². The quantitative estimate of drug-likeness (QED) is 0.920. The first-order valence-electron chi connectivity index (χ1n) is 7.30. The molecule has 5 nitrogen and oxygen atoms in total. The van der Waals surface area contributed by atoms with E-state index in [2.05, 4.69) is 15.2 Å². The van der Waals surface area contributed by atoms with Crippen LogP contribution >= 0.6 is 11.6 Å². The largest absolute Gasteiger partial charge is 0.390 e. The number of aliphatic hydroxyl groups is 1. The molecule has 1 aliphatic rings. The van der Waals surface area contributed by atoms with Crippen LogP contribution in [0.1, 0.15) is 18.5 Å². The molecule has 1 aromatic carbocycles. The third-order valence-corrected chi connectivity index (χ3v) is 4.24. The lowest BCUT2D eigenvalue weighted by atomic mass is 10.1. The Balaban J connectivity index is 1.87. The summed E-state index contributed by atoms with van der Waals surface area (Å²) in [6, 6.07) is 7.60. The summed E-state index contributed by atoms with van der Waals surface area (Å²) in [5, 5.41) is 18.4. The van der Waals surface area contributed by atoms with Gasteiger partial charge in [-0.2, -0.15) is 0 Å². The first kappa shape index (κ1) is 14.5. The third kappa shape index (κ3) is 3.10. The minimum Gasteiger partial charge on any atom is -0.390 e. The number of halogens is 1. The van der Waals surface area contributed by atoms with Crippen LogP contribution in [0.25, 0.3) is 11.3 Å². The SMILES string of the molecule is OCc1nnn(CCN2CCCC2)c1-c1ccccc1Cl. The number of nitrogens with zero attached hydrogens (tertiary/aromatic N) is 4. The highest BCUT2D eigenvalue weighted by molar-refractivity contribution is 6.33. The predicted octanol–water partition coefficient (Wildman–Crippen LogP) is 2.19. The molecule has 112 valence electrons. The molecular weight excluding hydrogens is 288 g/mol. The minimum atomic E-state index is -0.135. The van der Waals surface area contributed by atoms with Crippen molar-refractivity contribution in [3.05, 3.63) is 35.0 Å². The lowest BCUT2D eigenvalue weighted by Gasteiger charge is -2.15. The van der Waals surface area contributed by atoms with Crippen molar-refractivity contribution >= 4 is 11.6 Å². The highest BCUT2D eigenvalue weighted by Crippen LogP contribution is 2.29. The summed E-state index contributed by atoms with van der Waals surface area (Å²) >= 11 is 6.28. The second kappa shape index (κ2) is 6.56. The minimum absolute atomic E-state index is 0.135. The Morgan fingerprint density at radius 1 is 1.14 bits per heavy atom. The fourth-order valence-corrected chi connectivity index (χ4v) is 3.03. The maximum absolute atomic E-state index is 9.49. The molecule has 1 aromatic heterocycles. The Kier molecular flexibility index (Phi) is 4.53. The van der Waals surface area contributed by atoms with Crippen LogP contribution in [0.15, 0.2) is 24.3 Å². The highest BCUT2D eigenvalue weighted by atomic mass is 35.5. The van der Waals surface area contributed by atoms with Crippen molar-refractivity contribution in [3.63, 3.8) is 0 Å². The molecule has 0 bridgehead atoms. The molecule has 0 amide bonds. The van der Waals surface area contributed by atoms with Crippen molar-refractivity contribution in [2.75, 3.05) is 19.6 Å². The van der Waals surface area contributed by atoms with E-state index < -0.39 is 0 Å². The van der Waals surface area contributed by atoms with Crippen LogP contribution in [-0.4, -0.2) is 44.6 Å². The second-order valence-corrected chi connectivity index (χ2v) is 5.70. The van der Waals surface area contributed by atoms with Gasteiger partial charge in [-0.05, 0) is 32.0 Å². The molecule has 1 N–H and O–H groups in total. The summed E-state index contributed by atoms with van der Waals surface area (Å²) in [4.78, 5) is 2.43. The van der Waals surface area contributed by atoms with Gasteiger partial charge in [-0.3, -0.25) is 0 Å². The van der Waals surface area contributed by atoms with Gasteiger partial charge in [0.05, 0.1) is 23.9 Å². The molecule has 0 aliphatic carbocycles. The van der Waals surface area contributed by atoms with Crippen LogP contribution in [0.3, 0.4) is 0 Å². The van der Waals surface area contributed by atoms with Gasteiger partial charge < -0.3 is 10.0 Å². The van der Waals surface area contributed by atoms with Crippen molar-refractivity contribution in [1.82, 2.24) is 19.9 Å². The van der Waals surface area contributed by atoms with Crippen LogP contribution in [0, 0.1) is 0 Å². The van der Waals surface area contributed by atoms with E-state index in [-0.39, 0.29) is 6.61 Å². The molecular formula is C15H19ClN4O. The molecule has 0 radical (unpaired) electrons. The summed E-state index contributed by atoms with van der Waals surface area (Å²) in [6.45, 7) is 3.88. The molecule has 1 aliphatic heterocycles. The molecule has 0 saturated carbocycles. The van der Waals surface area contributed by atoms with Gasteiger partial charge in [0, 0.05) is 12.1 Å². The Morgan fingerprint density at radius 2 is 1.90 bits per heavy atom. The van der Waals surface area contributed by atoms with Crippen LogP contribution in [-0.2, 0) is 13.2 Å². The molecule has 2 heterocycles. The lowest BCUT2D eigenvalue weighted by Crippen LogP contribution is -2.24. The van der Waals surface area contributed by atoms with Crippen LogP contribution < -0.4 is 0 Å². The average Bonchev–Trinajstić information content (AvgIpc) is 3.14. The van der Waals surface area contributed by atoms with Crippen molar-refractivity contribution in [3.8, 4) is 11.3 Å². The fourth-order valence-electron chi connectivity index (χ4n) is 2.80. The van der Waals surface area contributed by atoms with Crippen molar-refractivity contribution in [2.24, 2.45) is 0 Å². The zero-order valence-electron chi connectivity index (χ0n) is 11.9. The fraction of sp³-hybridized carbons (Fsp3) is 0.467. The smallest absolute Gasteiger partial charge is 0.116 e. The normalized spacial score (nSPS) is 15.7. The highest BCUT2D eigenvalue weighted by Gasteiger charge is 2.18. The average molecular weight is 307 g/mol. The number of benzene rings is 1. The van der Waals surface area contributed by atoms with Crippen LogP contribution in [0.4, 0.5) is 0 Å². The summed E-state index contributed by atoms with van der Waals surface area (Å²) in [5.74, 6) is 0. The second-order valence-electron chi connectivity index (χ2n) is 5.29. The molecule has 2 aromatic rings. The van der Waals surface area contributed by atoms with E-state index >= 15 is 0 Å². The van der Waals surface area contributed by atoms with Gasteiger partial charge in [-0.1, -0.05) is 35.0 Å². The van der Waals surface area contributed by atoms with Crippen LogP contribution in [0.2, 0.25) is 5.02 Å². The van der Waals surface area contributed by atoms with E-state index in [0.29, 0.717) is 10.7 Å². The number of rotatable bonds is 5. The lowest BCUT2D eigenvalue weighted by molar-refractivity contribution is 0.277. The molecule has 0 spiro atoms. The van der Waals surface area contributed by atoms with Crippen molar-refractivity contribution in [2.45, 2.75) is 26.0 Å². The Bertz CT molecular complexity index is 607. The van der Waals surface area contributed by atoms with E-state index in [4.69, 9.17) is 11.6 Å². The Labute approximate surface area is 129 Å². The maximum Gasteiger partial charge on any atom is 0.116 e. The third-order valence-electron chi connectivity index (χ3n) is 3.91. The van der Waals surface area contributed by atoms with Gasteiger partial charge >= 0.3 is 0 Å². The predicted molar refractivity (Wildman–Crippen MR) is 82.1 cm³/mol. The van der Waals surface area contributed by atoms with Crippen LogP contribution in [0.5, 0.6) is 0 Å². The van der Waals surface area contributed by atoms with Gasteiger partial charge in [-0.25, -0.2) is 4.68 Å². The molecule has 1 fully saturated rings. The molecule has 3 rings (SSSR count). The number of aromatic nitrogens is 3. The monoisotopic (exact) mass is 306 g/mol. The summed E-state index contributed by atoms with van der Waals surface area (Å²) in [7, 11) is 0.